The van der Waals surface area contributed by atoms with Gasteiger partial charge in [-0.25, -0.2) is 0 Å². The van der Waals surface area contributed by atoms with Crippen LogP contribution in [0, 0.1) is 0 Å². The van der Waals surface area contributed by atoms with Gasteiger partial charge in [0.05, 0.1) is 12.6 Å². The molecule has 0 aromatic heterocycles. The third-order valence-electron chi connectivity index (χ3n) is 1.53. The number of amides is 1. The Bertz CT molecular complexity index is 149. The van der Waals surface area contributed by atoms with E-state index in [9.17, 15) is 4.79 Å². The highest BCUT2D eigenvalue weighted by molar-refractivity contribution is 5.84. The monoisotopic (exact) mass is 147 g/mol. The second-order valence-electron chi connectivity index (χ2n) is 2.23. The SMILES string of the molecule is O=C1N[C@@H](CO)[C@H](O)[C@@H]1O. The first kappa shape index (κ1) is 7.46. The van der Waals surface area contributed by atoms with Gasteiger partial charge in [-0.3, -0.25) is 4.79 Å². The van der Waals surface area contributed by atoms with Crippen molar-refractivity contribution in [1.82, 2.24) is 5.32 Å². The minimum atomic E-state index is -1.39. The fourth-order valence-electron chi connectivity index (χ4n) is 0.882. The first-order chi connectivity index (χ1) is 4.66. The van der Waals surface area contributed by atoms with Gasteiger partial charge in [0, 0.05) is 0 Å². The summed E-state index contributed by atoms with van der Waals surface area (Å²) in [6.07, 6.45) is -2.57. The van der Waals surface area contributed by atoms with E-state index < -0.39 is 24.2 Å². The smallest absolute Gasteiger partial charge is 0.252 e. The lowest BCUT2D eigenvalue weighted by atomic mass is 10.1. The number of rotatable bonds is 1. The summed E-state index contributed by atoms with van der Waals surface area (Å²) in [6.45, 7) is -0.357. The molecule has 0 spiro atoms. The Morgan fingerprint density at radius 3 is 2.30 bits per heavy atom. The Hall–Kier alpha value is -0.650. The highest BCUT2D eigenvalue weighted by Crippen LogP contribution is 2.07. The third kappa shape index (κ3) is 0.985. The molecule has 1 fully saturated rings. The van der Waals surface area contributed by atoms with E-state index in [1.165, 1.54) is 0 Å². The highest BCUT2D eigenvalue weighted by Gasteiger charge is 2.39. The predicted octanol–water partition coefficient (Wildman–Crippen LogP) is -2.80. The van der Waals surface area contributed by atoms with Gasteiger partial charge in [-0.15, -0.1) is 0 Å². The Morgan fingerprint density at radius 1 is 1.50 bits per heavy atom. The molecule has 1 amide bonds. The fourth-order valence-corrected chi connectivity index (χ4v) is 0.882. The fraction of sp³-hybridized carbons (Fsp3) is 0.800. The minimum Gasteiger partial charge on any atom is -0.394 e. The molecule has 1 aliphatic heterocycles. The van der Waals surface area contributed by atoms with Crippen LogP contribution in [-0.4, -0.2) is 46.1 Å². The summed E-state index contributed by atoms with van der Waals surface area (Å²) in [5.74, 6) is -0.633. The van der Waals surface area contributed by atoms with Crippen LogP contribution in [0.2, 0.25) is 0 Å². The van der Waals surface area contributed by atoms with Gasteiger partial charge in [-0.2, -0.15) is 0 Å². The molecule has 10 heavy (non-hydrogen) atoms. The van der Waals surface area contributed by atoms with Crippen molar-refractivity contribution in [2.24, 2.45) is 0 Å². The van der Waals surface area contributed by atoms with Gasteiger partial charge in [-0.05, 0) is 0 Å². The van der Waals surface area contributed by atoms with E-state index in [0.29, 0.717) is 0 Å². The summed E-state index contributed by atoms with van der Waals surface area (Å²) in [5.41, 5.74) is 0. The van der Waals surface area contributed by atoms with Gasteiger partial charge in [0.15, 0.2) is 6.10 Å². The molecule has 0 aromatic carbocycles. The normalized spacial score (nSPS) is 39.9. The second kappa shape index (κ2) is 2.53. The van der Waals surface area contributed by atoms with Crippen LogP contribution in [0.3, 0.4) is 0 Å². The topological polar surface area (TPSA) is 89.8 Å². The van der Waals surface area contributed by atoms with Crippen LogP contribution in [-0.2, 0) is 4.79 Å². The van der Waals surface area contributed by atoms with E-state index in [4.69, 9.17) is 15.3 Å². The maximum Gasteiger partial charge on any atom is 0.252 e. The molecule has 1 rings (SSSR count). The number of hydrogen-bond acceptors (Lipinski definition) is 4. The van der Waals surface area contributed by atoms with Crippen molar-refractivity contribution in [3.05, 3.63) is 0 Å². The quantitative estimate of drug-likeness (QED) is 0.322. The maximum atomic E-state index is 10.5. The number of aliphatic hydroxyl groups excluding tert-OH is 3. The lowest BCUT2D eigenvalue weighted by molar-refractivity contribution is -0.128. The van der Waals surface area contributed by atoms with E-state index in [0.717, 1.165) is 0 Å². The molecule has 1 aliphatic rings. The summed E-state index contributed by atoms with van der Waals surface area (Å²) < 4.78 is 0. The molecule has 58 valence electrons. The molecule has 0 saturated carbocycles. The van der Waals surface area contributed by atoms with Crippen molar-refractivity contribution in [3.63, 3.8) is 0 Å². The van der Waals surface area contributed by atoms with E-state index in [1.54, 1.807) is 0 Å². The first-order valence-corrected chi connectivity index (χ1v) is 2.94. The molecule has 0 radical (unpaired) electrons. The van der Waals surface area contributed by atoms with E-state index in [2.05, 4.69) is 5.32 Å². The molecule has 3 atom stereocenters. The summed E-state index contributed by atoms with van der Waals surface area (Å²) in [7, 11) is 0. The molecule has 5 nitrogen and oxygen atoms in total. The molecule has 0 bridgehead atoms. The van der Waals surface area contributed by atoms with Gasteiger partial charge in [0.25, 0.3) is 5.91 Å². The van der Waals surface area contributed by atoms with Crippen molar-refractivity contribution in [2.45, 2.75) is 18.2 Å². The lowest BCUT2D eigenvalue weighted by Crippen LogP contribution is -2.35. The number of carbonyl (C=O) groups is 1. The third-order valence-corrected chi connectivity index (χ3v) is 1.53. The number of carbonyl (C=O) groups excluding carboxylic acids is 1. The van der Waals surface area contributed by atoms with Crippen LogP contribution in [0.25, 0.3) is 0 Å². The van der Waals surface area contributed by atoms with E-state index in [-0.39, 0.29) is 6.61 Å². The largest absolute Gasteiger partial charge is 0.394 e. The van der Waals surface area contributed by atoms with Crippen LogP contribution >= 0.6 is 0 Å². The minimum absolute atomic E-state index is 0.357. The average Bonchev–Trinajstić information content (AvgIpc) is 2.17. The Kier molecular flexibility index (Phi) is 1.89. The van der Waals surface area contributed by atoms with E-state index >= 15 is 0 Å². The van der Waals surface area contributed by atoms with Crippen molar-refractivity contribution in [3.8, 4) is 0 Å². The van der Waals surface area contributed by atoms with E-state index in [1.807, 2.05) is 0 Å². The van der Waals surface area contributed by atoms with Crippen molar-refractivity contribution >= 4 is 5.91 Å². The zero-order chi connectivity index (χ0) is 7.72. The Morgan fingerprint density at radius 2 is 2.10 bits per heavy atom. The zero-order valence-corrected chi connectivity index (χ0v) is 5.19. The molecule has 1 heterocycles. The molecule has 5 heteroatoms. The van der Waals surface area contributed by atoms with Gasteiger partial charge < -0.3 is 20.6 Å². The Labute approximate surface area is 57.3 Å². The van der Waals surface area contributed by atoms with Crippen LogP contribution in [0.5, 0.6) is 0 Å². The number of aliphatic hydroxyl groups is 3. The second-order valence-corrected chi connectivity index (χ2v) is 2.23. The highest BCUT2D eigenvalue weighted by atomic mass is 16.3. The first-order valence-electron chi connectivity index (χ1n) is 2.94. The maximum absolute atomic E-state index is 10.5. The summed E-state index contributed by atoms with van der Waals surface area (Å²) in [4.78, 5) is 10.5. The number of hydrogen-bond donors (Lipinski definition) is 4. The van der Waals surface area contributed by atoms with Crippen LogP contribution < -0.4 is 5.32 Å². The van der Waals surface area contributed by atoms with Crippen molar-refractivity contribution < 1.29 is 20.1 Å². The number of nitrogens with one attached hydrogen (secondary N) is 1. The summed E-state index contributed by atoms with van der Waals surface area (Å²) in [5, 5.41) is 28.4. The van der Waals surface area contributed by atoms with Crippen molar-refractivity contribution in [1.29, 1.82) is 0 Å². The van der Waals surface area contributed by atoms with Crippen LogP contribution in [0.15, 0.2) is 0 Å². The van der Waals surface area contributed by atoms with Crippen molar-refractivity contribution in [2.75, 3.05) is 6.61 Å². The average molecular weight is 147 g/mol. The van der Waals surface area contributed by atoms with Gasteiger partial charge in [-0.1, -0.05) is 0 Å². The van der Waals surface area contributed by atoms with Crippen LogP contribution in [0.4, 0.5) is 0 Å². The standard InChI is InChI=1S/C5H9NO4/c7-1-2-3(8)4(9)5(10)6-2/h2-4,7-9H,1H2,(H,6,10)/t2-,3-,4-/m0/s1. The molecule has 0 unspecified atom stereocenters. The summed E-state index contributed by atoms with van der Waals surface area (Å²) >= 11 is 0. The lowest BCUT2D eigenvalue weighted by Gasteiger charge is -2.10. The molecule has 1 saturated heterocycles. The van der Waals surface area contributed by atoms with Gasteiger partial charge in [0.2, 0.25) is 0 Å². The molecular weight excluding hydrogens is 138 g/mol. The molecule has 0 aliphatic carbocycles. The molecule has 0 aromatic rings. The summed E-state index contributed by atoms with van der Waals surface area (Å²) in [6, 6.07) is -0.720. The van der Waals surface area contributed by atoms with Gasteiger partial charge in [0.1, 0.15) is 6.10 Å². The molecule has 4 N–H and O–H groups in total. The molecular formula is C5H9NO4. The predicted molar refractivity (Wildman–Crippen MR) is 31.0 cm³/mol. The van der Waals surface area contributed by atoms with Gasteiger partial charge >= 0.3 is 0 Å². The zero-order valence-electron chi connectivity index (χ0n) is 5.19. The van der Waals surface area contributed by atoms with Crippen LogP contribution in [0.1, 0.15) is 0 Å². The Balaban J connectivity index is 2.61.